The number of hydrogen-bond donors (Lipinski definition) is 1. The normalized spacial score (nSPS) is 11.3. The van der Waals surface area contributed by atoms with Crippen LogP contribution in [0.1, 0.15) is 29.8 Å². The molecule has 1 aromatic heterocycles. The number of aromatic nitrogens is 1. The van der Waals surface area contributed by atoms with Crippen molar-refractivity contribution in [2.75, 3.05) is 11.4 Å². The quantitative estimate of drug-likeness (QED) is 0.504. The van der Waals surface area contributed by atoms with E-state index in [9.17, 15) is 17.6 Å². The Morgan fingerprint density at radius 3 is 2.55 bits per heavy atom. The van der Waals surface area contributed by atoms with Crippen molar-refractivity contribution in [3.63, 3.8) is 0 Å². The summed E-state index contributed by atoms with van der Waals surface area (Å²) >= 11 is 6.19. The van der Waals surface area contributed by atoms with Crippen LogP contribution < -0.4 is 14.4 Å². The van der Waals surface area contributed by atoms with Gasteiger partial charge >= 0.3 is 0 Å². The first-order chi connectivity index (χ1) is 15.6. The largest absolute Gasteiger partial charge is 0.475 e. The van der Waals surface area contributed by atoms with Crippen molar-refractivity contribution in [2.24, 2.45) is 0 Å². The maximum absolute atomic E-state index is 13.2. The Balaban J connectivity index is 1.83. The standard InChI is InChI=1S/C23H23ClFN3O4S/c1-15(2)32-23-16(5-4-12-26-23)14-27-22(29)20-13-19(10-11-21(20)24)33(30,31)28(3)18-8-6-17(25)7-9-18/h4-13,15H,14H2,1-3H3,(H,27,29). The molecule has 0 saturated carbocycles. The number of anilines is 1. The van der Waals surface area contributed by atoms with Gasteiger partial charge in [0.05, 0.1) is 27.3 Å². The number of nitrogens with one attached hydrogen (secondary N) is 1. The van der Waals surface area contributed by atoms with Crippen LogP contribution in [0.25, 0.3) is 0 Å². The molecule has 1 heterocycles. The number of sulfonamides is 1. The van der Waals surface area contributed by atoms with E-state index in [1.165, 1.54) is 37.4 Å². The summed E-state index contributed by atoms with van der Waals surface area (Å²) in [5, 5.41) is 2.82. The average Bonchev–Trinajstić information content (AvgIpc) is 2.78. The Kier molecular flexibility index (Phi) is 7.55. The average molecular weight is 492 g/mol. The highest BCUT2D eigenvalue weighted by molar-refractivity contribution is 7.92. The van der Waals surface area contributed by atoms with Gasteiger partial charge in [-0.1, -0.05) is 17.7 Å². The Hall–Kier alpha value is -3.17. The molecule has 174 valence electrons. The Morgan fingerprint density at radius 1 is 1.18 bits per heavy atom. The fourth-order valence-corrected chi connectivity index (χ4v) is 4.37. The van der Waals surface area contributed by atoms with Gasteiger partial charge in [0.2, 0.25) is 5.88 Å². The van der Waals surface area contributed by atoms with E-state index in [-0.39, 0.29) is 33.8 Å². The van der Waals surface area contributed by atoms with Crippen molar-refractivity contribution in [2.45, 2.75) is 31.4 Å². The molecule has 0 bridgehead atoms. The zero-order valence-corrected chi connectivity index (χ0v) is 19.8. The van der Waals surface area contributed by atoms with Gasteiger partial charge in [0.15, 0.2) is 0 Å². The molecule has 0 saturated heterocycles. The summed E-state index contributed by atoms with van der Waals surface area (Å²) < 4.78 is 46.0. The number of rotatable bonds is 8. The molecule has 0 spiro atoms. The van der Waals surface area contributed by atoms with E-state index >= 15 is 0 Å². The number of ether oxygens (including phenoxy) is 1. The summed E-state index contributed by atoms with van der Waals surface area (Å²) in [5.74, 6) is -0.637. The molecule has 7 nitrogen and oxygen atoms in total. The minimum Gasteiger partial charge on any atom is -0.475 e. The van der Waals surface area contributed by atoms with Crippen LogP contribution in [0, 0.1) is 5.82 Å². The van der Waals surface area contributed by atoms with Crippen LogP contribution in [0.4, 0.5) is 10.1 Å². The van der Waals surface area contributed by atoms with E-state index in [1.807, 2.05) is 13.8 Å². The monoisotopic (exact) mass is 491 g/mol. The number of carbonyl (C=O) groups is 1. The Bertz CT molecular complexity index is 1250. The van der Waals surface area contributed by atoms with Gasteiger partial charge in [-0.15, -0.1) is 0 Å². The van der Waals surface area contributed by atoms with Crippen molar-refractivity contribution < 1.29 is 22.3 Å². The van der Waals surface area contributed by atoms with Gasteiger partial charge in [-0.05, 0) is 62.4 Å². The van der Waals surface area contributed by atoms with Gasteiger partial charge in [-0.25, -0.2) is 17.8 Å². The van der Waals surface area contributed by atoms with Crippen LogP contribution in [0.2, 0.25) is 5.02 Å². The molecule has 2 aromatic carbocycles. The zero-order chi connectivity index (χ0) is 24.2. The van der Waals surface area contributed by atoms with Crippen molar-refractivity contribution in [1.29, 1.82) is 0 Å². The lowest BCUT2D eigenvalue weighted by atomic mass is 10.2. The highest BCUT2D eigenvalue weighted by Gasteiger charge is 2.24. The van der Waals surface area contributed by atoms with Gasteiger partial charge in [-0.3, -0.25) is 9.10 Å². The SMILES string of the molecule is CC(C)Oc1ncccc1CNC(=O)c1cc(S(=O)(=O)N(C)c2ccc(F)cc2)ccc1Cl. The van der Waals surface area contributed by atoms with Crippen LogP contribution >= 0.6 is 11.6 Å². The smallest absolute Gasteiger partial charge is 0.264 e. The highest BCUT2D eigenvalue weighted by Crippen LogP contribution is 2.26. The fourth-order valence-electron chi connectivity index (χ4n) is 2.95. The zero-order valence-electron chi connectivity index (χ0n) is 18.2. The third-order valence-electron chi connectivity index (χ3n) is 4.67. The molecule has 0 fully saturated rings. The number of carbonyl (C=O) groups excluding carboxylic acids is 1. The summed E-state index contributed by atoms with van der Waals surface area (Å²) in [7, 11) is -2.68. The predicted molar refractivity (Wildman–Crippen MR) is 125 cm³/mol. The van der Waals surface area contributed by atoms with Gasteiger partial charge in [0, 0.05) is 25.4 Å². The van der Waals surface area contributed by atoms with Crippen LogP contribution in [-0.2, 0) is 16.6 Å². The predicted octanol–water partition coefficient (Wildman–Crippen LogP) is 4.42. The van der Waals surface area contributed by atoms with Crippen LogP contribution in [-0.4, -0.2) is 32.5 Å². The van der Waals surface area contributed by atoms with Crippen molar-refractivity contribution in [3.8, 4) is 5.88 Å². The molecule has 0 aliphatic heterocycles. The van der Waals surface area contributed by atoms with E-state index in [0.717, 1.165) is 16.4 Å². The maximum Gasteiger partial charge on any atom is 0.264 e. The number of nitrogens with zero attached hydrogens (tertiary/aromatic N) is 2. The molecule has 0 aliphatic carbocycles. The second-order valence-electron chi connectivity index (χ2n) is 7.41. The molecular weight excluding hydrogens is 469 g/mol. The second-order valence-corrected chi connectivity index (χ2v) is 9.78. The van der Waals surface area contributed by atoms with Crippen LogP contribution in [0.3, 0.4) is 0 Å². The molecule has 1 amide bonds. The van der Waals surface area contributed by atoms with E-state index in [4.69, 9.17) is 16.3 Å². The first-order valence-electron chi connectivity index (χ1n) is 10.0. The first-order valence-corrected chi connectivity index (χ1v) is 11.8. The minimum atomic E-state index is -4.02. The number of pyridine rings is 1. The lowest BCUT2D eigenvalue weighted by Gasteiger charge is -2.20. The Morgan fingerprint density at radius 2 is 1.88 bits per heavy atom. The number of amides is 1. The van der Waals surface area contributed by atoms with Gasteiger partial charge in [0.1, 0.15) is 5.82 Å². The molecule has 10 heteroatoms. The summed E-state index contributed by atoms with van der Waals surface area (Å²) in [6.45, 7) is 3.84. The van der Waals surface area contributed by atoms with Crippen LogP contribution in [0.5, 0.6) is 5.88 Å². The first kappa shape index (κ1) is 24.5. The third kappa shape index (κ3) is 5.80. The summed E-state index contributed by atoms with van der Waals surface area (Å²) in [6.07, 6.45) is 1.50. The molecule has 0 unspecified atom stereocenters. The highest BCUT2D eigenvalue weighted by atomic mass is 35.5. The number of benzene rings is 2. The van der Waals surface area contributed by atoms with E-state index in [2.05, 4.69) is 10.3 Å². The maximum atomic E-state index is 13.2. The van der Waals surface area contributed by atoms with E-state index in [1.54, 1.807) is 18.3 Å². The van der Waals surface area contributed by atoms with Gasteiger partial charge in [-0.2, -0.15) is 0 Å². The molecule has 1 N–H and O–H groups in total. The minimum absolute atomic E-state index is 0.000432. The van der Waals surface area contributed by atoms with Crippen molar-refractivity contribution in [3.05, 3.63) is 82.8 Å². The molecule has 0 aliphatic rings. The fraction of sp³-hybridized carbons (Fsp3) is 0.217. The molecule has 0 radical (unpaired) electrons. The lowest BCUT2D eigenvalue weighted by Crippen LogP contribution is -2.28. The van der Waals surface area contributed by atoms with Crippen molar-refractivity contribution >= 4 is 33.2 Å². The number of halogens is 2. The van der Waals surface area contributed by atoms with Gasteiger partial charge < -0.3 is 10.1 Å². The topological polar surface area (TPSA) is 88.6 Å². The molecule has 0 atom stereocenters. The summed E-state index contributed by atoms with van der Waals surface area (Å²) in [5.41, 5.74) is 0.933. The lowest BCUT2D eigenvalue weighted by molar-refractivity contribution is 0.0950. The molecule has 33 heavy (non-hydrogen) atoms. The molecule has 3 rings (SSSR count). The van der Waals surface area contributed by atoms with Crippen molar-refractivity contribution in [1.82, 2.24) is 10.3 Å². The molecular formula is C23H23ClFN3O4S. The Labute approximate surface area is 197 Å². The number of hydrogen-bond acceptors (Lipinski definition) is 5. The summed E-state index contributed by atoms with van der Waals surface area (Å²) in [4.78, 5) is 16.9. The summed E-state index contributed by atoms with van der Waals surface area (Å²) in [6, 6.07) is 12.4. The third-order valence-corrected chi connectivity index (χ3v) is 6.78. The second kappa shape index (κ2) is 10.2. The van der Waals surface area contributed by atoms with Crippen LogP contribution in [0.15, 0.2) is 65.7 Å². The van der Waals surface area contributed by atoms with Gasteiger partial charge in [0.25, 0.3) is 15.9 Å². The van der Waals surface area contributed by atoms with E-state index < -0.39 is 21.7 Å². The van der Waals surface area contributed by atoms with E-state index in [0.29, 0.717) is 11.4 Å². The molecule has 3 aromatic rings.